The zero-order chi connectivity index (χ0) is 22.2. The lowest BCUT2D eigenvalue weighted by Crippen LogP contribution is -2.21. The Balaban J connectivity index is 1.66. The van der Waals surface area contributed by atoms with Crippen LogP contribution in [0.25, 0.3) is 11.4 Å². The summed E-state index contributed by atoms with van der Waals surface area (Å²) < 4.78 is 69.9. The van der Waals surface area contributed by atoms with Crippen LogP contribution < -0.4 is 5.32 Å². The number of nitrogens with one attached hydrogen (secondary N) is 1. The molecule has 4 rings (SSSR count). The molecule has 2 aromatic carbocycles. The first-order chi connectivity index (χ1) is 14.7. The molecule has 13 heteroatoms. The van der Waals surface area contributed by atoms with Crippen LogP contribution in [-0.2, 0) is 6.18 Å². The number of alkyl halides is 3. The van der Waals surface area contributed by atoms with E-state index in [0.717, 1.165) is 35.0 Å². The maximum absolute atomic E-state index is 14.3. The van der Waals surface area contributed by atoms with Gasteiger partial charge in [0.1, 0.15) is 24.2 Å². The van der Waals surface area contributed by atoms with Crippen molar-refractivity contribution in [2.24, 2.45) is 0 Å². The zero-order valence-electron chi connectivity index (χ0n) is 15.2. The molecular weight excluding hydrogens is 425 g/mol. The Labute approximate surface area is 169 Å². The van der Waals surface area contributed by atoms with Gasteiger partial charge in [-0.15, -0.1) is 5.10 Å². The fourth-order valence-corrected chi connectivity index (χ4v) is 2.75. The molecule has 0 saturated carbocycles. The van der Waals surface area contributed by atoms with Crippen molar-refractivity contribution in [2.75, 3.05) is 5.32 Å². The third-order valence-electron chi connectivity index (χ3n) is 4.10. The highest BCUT2D eigenvalue weighted by molar-refractivity contribution is 6.03. The molecule has 31 heavy (non-hydrogen) atoms. The lowest BCUT2D eigenvalue weighted by atomic mass is 10.2. The maximum atomic E-state index is 14.3. The number of anilines is 1. The van der Waals surface area contributed by atoms with Crippen molar-refractivity contribution in [1.29, 1.82) is 0 Å². The van der Waals surface area contributed by atoms with Crippen LogP contribution in [0.3, 0.4) is 0 Å². The van der Waals surface area contributed by atoms with E-state index in [-0.39, 0.29) is 17.1 Å². The van der Waals surface area contributed by atoms with Gasteiger partial charge in [-0.2, -0.15) is 18.3 Å². The SMILES string of the molecule is O=C(Nc1ccc(-n2cncn2)c(F)c1)c1nnn(-c2ccc(F)cc2)c1C(F)(F)F. The second kappa shape index (κ2) is 7.59. The van der Waals surface area contributed by atoms with Crippen LogP contribution in [0.15, 0.2) is 55.1 Å². The molecule has 0 unspecified atom stereocenters. The Morgan fingerprint density at radius 2 is 1.77 bits per heavy atom. The van der Waals surface area contributed by atoms with Gasteiger partial charge in [-0.3, -0.25) is 4.79 Å². The summed E-state index contributed by atoms with van der Waals surface area (Å²) in [5.41, 5.74) is -2.73. The molecule has 0 atom stereocenters. The van der Waals surface area contributed by atoms with Crippen LogP contribution in [0, 0.1) is 11.6 Å². The molecule has 8 nitrogen and oxygen atoms in total. The van der Waals surface area contributed by atoms with Crippen LogP contribution in [0.4, 0.5) is 27.6 Å². The fourth-order valence-electron chi connectivity index (χ4n) is 2.75. The van der Waals surface area contributed by atoms with Crippen LogP contribution in [-0.4, -0.2) is 35.7 Å². The minimum Gasteiger partial charge on any atom is -0.320 e. The second-order valence-corrected chi connectivity index (χ2v) is 6.13. The van der Waals surface area contributed by atoms with E-state index in [2.05, 4.69) is 25.7 Å². The standard InChI is InChI=1S/C18H10F5N7O/c19-10-1-4-12(5-2-10)30-16(18(21,22)23)15(27-28-30)17(31)26-11-3-6-14(13(20)7-11)29-9-24-8-25-29/h1-9H,(H,26,31). The molecule has 0 radical (unpaired) electrons. The number of nitrogens with zero attached hydrogens (tertiary/aromatic N) is 6. The molecule has 0 aliphatic carbocycles. The molecule has 2 aromatic heterocycles. The summed E-state index contributed by atoms with van der Waals surface area (Å²) in [6.07, 6.45) is -2.56. The molecule has 0 aliphatic heterocycles. The quantitative estimate of drug-likeness (QED) is 0.497. The Morgan fingerprint density at radius 3 is 2.39 bits per heavy atom. The summed E-state index contributed by atoms with van der Waals surface area (Å²) in [5.74, 6) is -2.71. The average molecular weight is 435 g/mol. The van der Waals surface area contributed by atoms with Gasteiger partial charge in [0, 0.05) is 5.69 Å². The van der Waals surface area contributed by atoms with E-state index < -0.39 is 35.1 Å². The van der Waals surface area contributed by atoms with Crippen molar-refractivity contribution in [3.63, 3.8) is 0 Å². The van der Waals surface area contributed by atoms with E-state index in [1.807, 2.05) is 0 Å². The summed E-state index contributed by atoms with van der Waals surface area (Å²) in [4.78, 5) is 16.2. The highest BCUT2D eigenvalue weighted by Crippen LogP contribution is 2.33. The zero-order valence-corrected chi connectivity index (χ0v) is 15.2. The number of amides is 1. The smallest absolute Gasteiger partial charge is 0.320 e. The average Bonchev–Trinajstić information content (AvgIpc) is 3.38. The molecule has 2 heterocycles. The number of carbonyl (C=O) groups excluding carboxylic acids is 1. The van der Waals surface area contributed by atoms with Gasteiger partial charge in [0.15, 0.2) is 17.2 Å². The van der Waals surface area contributed by atoms with Gasteiger partial charge in [-0.25, -0.2) is 23.1 Å². The molecule has 0 spiro atoms. The summed E-state index contributed by atoms with van der Waals surface area (Å²) in [7, 11) is 0. The van der Waals surface area contributed by atoms with Gasteiger partial charge >= 0.3 is 6.18 Å². The number of halogens is 5. The lowest BCUT2D eigenvalue weighted by molar-refractivity contribution is -0.143. The molecule has 0 bridgehead atoms. The first-order valence-corrected chi connectivity index (χ1v) is 8.49. The molecule has 158 valence electrons. The Kier molecular flexibility index (Phi) is 4.93. The van der Waals surface area contributed by atoms with Gasteiger partial charge in [-0.05, 0) is 42.5 Å². The topological polar surface area (TPSA) is 90.5 Å². The van der Waals surface area contributed by atoms with E-state index in [0.29, 0.717) is 4.68 Å². The Hall–Kier alpha value is -4.16. The van der Waals surface area contributed by atoms with Gasteiger partial charge in [0.05, 0.1) is 5.69 Å². The predicted molar refractivity (Wildman–Crippen MR) is 95.6 cm³/mol. The molecule has 0 saturated heterocycles. The largest absolute Gasteiger partial charge is 0.435 e. The predicted octanol–water partition coefficient (Wildman–Crippen LogP) is 3.40. The van der Waals surface area contributed by atoms with Gasteiger partial charge < -0.3 is 5.32 Å². The van der Waals surface area contributed by atoms with Crippen LogP contribution in [0.2, 0.25) is 0 Å². The third kappa shape index (κ3) is 3.97. The third-order valence-corrected chi connectivity index (χ3v) is 4.10. The molecular formula is C18H10F5N7O. The first kappa shape index (κ1) is 20.1. The molecule has 1 amide bonds. The number of benzene rings is 2. The molecule has 0 fully saturated rings. The van der Waals surface area contributed by atoms with Crippen LogP contribution in [0.1, 0.15) is 16.2 Å². The van der Waals surface area contributed by atoms with Gasteiger partial charge in [0.25, 0.3) is 5.91 Å². The second-order valence-electron chi connectivity index (χ2n) is 6.13. The maximum Gasteiger partial charge on any atom is 0.435 e. The number of carbonyl (C=O) groups is 1. The number of hydrogen-bond acceptors (Lipinski definition) is 5. The van der Waals surface area contributed by atoms with Crippen LogP contribution in [0.5, 0.6) is 0 Å². The summed E-state index contributed by atoms with van der Waals surface area (Å²) in [6, 6.07) is 7.44. The van der Waals surface area contributed by atoms with Crippen molar-refractivity contribution in [3.05, 3.63) is 78.1 Å². The number of aromatic nitrogens is 6. The summed E-state index contributed by atoms with van der Waals surface area (Å²) in [5, 5.41) is 12.6. The number of hydrogen-bond donors (Lipinski definition) is 1. The first-order valence-electron chi connectivity index (χ1n) is 8.49. The highest BCUT2D eigenvalue weighted by Gasteiger charge is 2.42. The molecule has 1 N–H and O–H groups in total. The highest BCUT2D eigenvalue weighted by atomic mass is 19.4. The van der Waals surface area contributed by atoms with E-state index in [4.69, 9.17) is 0 Å². The van der Waals surface area contributed by atoms with Crippen molar-refractivity contribution in [3.8, 4) is 11.4 Å². The lowest BCUT2D eigenvalue weighted by Gasteiger charge is -2.11. The van der Waals surface area contributed by atoms with Gasteiger partial charge in [0.2, 0.25) is 0 Å². The van der Waals surface area contributed by atoms with Crippen LogP contribution >= 0.6 is 0 Å². The van der Waals surface area contributed by atoms with Crippen molar-refractivity contribution in [2.45, 2.75) is 6.18 Å². The van der Waals surface area contributed by atoms with Crippen molar-refractivity contribution in [1.82, 2.24) is 29.8 Å². The molecule has 4 aromatic rings. The summed E-state index contributed by atoms with van der Waals surface area (Å²) >= 11 is 0. The minimum absolute atomic E-state index is 0.0220. The Bertz CT molecular complexity index is 1230. The van der Waals surface area contributed by atoms with E-state index in [9.17, 15) is 26.7 Å². The van der Waals surface area contributed by atoms with Crippen molar-refractivity contribution >= 4 is 11.6 Å². The minimum atomic E-state index is -5.01. The van der Waals surface area contributed by atoms with E-state index in [1.54, 1.807) is 0 Å². The monoisotopic (exact) mass is 435 g/mol. The summed E-state index contributed by atoms with van der Waals surface area (Å²) in [6.45, 7) is 0. The Morgan fingerprint density at radius 1 is 1.03 bits per heavy atom. The van der Waals surface area contributed by atoms with E-state index >= 15 is 0 Å². The van der Waals surface area contributed by atoms with Gasteiger partial charge in [-0.1, -0.05) is 5.21 Å². The molecule has 0 aliphatic rings. The fraction of sp³-hybridized carbons (Fsp3) is 0.0556. The number of rotatable bonds is 4. The van der Waals surface area contributed by atoms with E-state index in [1.165, 1.54) is 24.8 Å². The normalized spacial score (nSPS) is 11.5. The van der Waals surface area contributed by atoms with Crippen molar-refractivity contribution < 1.29 is 26.7 Å².